The van der Waals surface area contributed by atoms with Crippen molar-refractivity contribution in [2.75, 3.05) is 13.2 Å². The molecule has 122 valence electrons. The van der Waals surface area contributed by atoms with Gasteiger partial charge in [0.1, 0.15) is 5.01 Å². The van der Waals surface area contributed by atoms with Crippen molar-refractivity contribution in [1.29, 1.82) is 0 Å². The summed E-state index contributed by atoms with van der Waals surface area (Å²) in [5.41, 5.74) is 2.55. The van der Waals surface area contributed by atoms with Crippen LogP contribution in [0.4, 0.5) is 0 Å². The fourth-order valence-corrected chi connectivity index (χ4v) is 3.85. The van der Waals surface area contributed by atoms with Gasteiger partial charge in [0.15, 0.2) is 0 Å². The number of aryl methyl sites for hydroxylation is 2. The van der Waals surface area contributed by atoms with E-state index in [1.54, 1.807) is 0 Å². The molecule has 1 aromatic heterocycles. The normalized spacial score (nSPS) is 16.9. The van der Waals surface area contributed by atoms with Crippen LogP contribution in [0.2, 0.25) is 0 Å². The molecule has 0 spiro atoms. The molecule has 1 aliphatic carbocycles. The topological polar surface area (TPSA) is 66.3 Å². The van der Waals surface area contributed by atoms with Crippen LogP contribution in [-0.2, 0) is 6.42 Å². The minimum Gasteiger partial charge on any atom is -0.396 e. The molecule has 1 heterocycles. The van der Waals surface area contributed by atoms with E-state index in [4.69, 9.17) is 0 Å². The fraction of sp³-hybridized carbons (Fsp3) is 0.471. The van der Waals surface area contributed by atoms with Crippen molar-refractivity contribution in [3.05, 3.63) is 45.4 Å². The average Bonchev–Trinajstić information content (AvgIpc) is 3.01. The predicted octanol–water partition coefficient (Wildman–Crippen LogP) is 2.75. The van der Waals surface area contributed by atoms with Gasteiger partial charge in [-0.25, -0.2) is 0 Å². The summed E-state index contributed by atoms with van der Waals surface area (Å²) in [6, 6.07) is 8.40. The Morgan fingerprint density at radius 3 is 2.96 bits per heavy atom. The smallest absolute Gasteiger partial charge is 0.285 e. The molecule has 0 fully saturated rings. The maximum Gasteiger partial charge on any atom is 0.285 e. The van der Waals surface area contributed by atoms with Gasteiger partial charge in [0.05, 0.1) is 6.04 Å². The first-order valence-corrected chi connectivity index (χ1v) is 8.82. The Bertz CT molecular complexity index is 686. The number of carbonyl (C=O) groups is 1. The number of nitrogens with zero attached hydrogens (tertiary/aromatic N) is 3. The number of carbonyl (C=O) groups excluding carboxylic acids is 1. The van der Waals surface area contributed by atoms with Gasteiger partial charge in [-0.3, -0.25) is 4.79 Å². The van der Waals surface area contributed by atoms with Gasteiger partial charge in [-0.05, 0) is 43.7 Å². The summed E-state index contributed by atoms with van der Waals surface area (Å²) in [5.74, 6) is -0.0780. The van der Waals surface area contributed by atoms with Crippen LogP contribution in [0.5, 0.6) is 0 Å². The Balaban J connectivity index is 1.92. The molecule has 5 nitrogen and oxygen atoms in total. The van der Waals surface area contributed by atoms with E-state index in [9.17, 15) is 9.90 Å². The van der Waals surface area contributed by atoms with E-state index in [1.165, 1.54) is 22.5 Å². The van der Waals surface area contributed by atoms with Crippen LogP contribution in [-0.4, -0.2) is 39.3 Å². The lowest BCUT2D eigenvalue weighted by Gasteiger charge is -2.35. The van der Waals surface area contributed by atoms with E-state index in [0.717, 1.165) is 24.3 Å². The molecule has 0 aliphatic heterocycles. The number of amides is 1. The molecule has 2 aromatic rings. The first kappa shape index (κ1) is 16.1. The van der Waals surface area contributed by atoms with Crippen molar-refractivity contribution >= 4 is 17.2 Å². The zero-order valence-corrected chi connectivity index (χ0v) is 14.1. The van der Waals surface area contributed by atoms with Crippen molar-refractivity contribution in [3.8, 4) is 0 Å². The van der Waals surface area contributed by atoms with E-state index in [0.29, 0.717) is 18.0 Å². The lowest BCUT2D eigenvalue weighted by Crippen LogP contribution is -2.37. The summed E-state index contributed by atoms with van der Waals surface area (Å²) in [4.78, 5) is 14.8. The number of hydrogen-bond acceptors (Lipinski definition) is 5. The SMILES string of the molecule is Cc1nnc(C(=O)N(CCCO)[C@H]2CCCc3ccccc32)s1. The highest BCUT2D eigenvalue weighted by Crippen LogP contribution is 2.35. The minimum atomic E-state index is -0.0780. The Hall–Kier alpha value is -1.79. The number of benzene rings is 1. The summed E-state index contributed by atoms with van der Waals surface area (Å²) in [7, 11) is 0. The third-order valence-corrected chi connectivity index (χ3v) is 5.07. The monoisotopic (exact) mass is 331 g/mol. The largest absolute Gasteiger partial charge is 0.396 e. The molecule has 23 heavy (non-hydrogen) atoms. The van der Waals surface area contributed by atoms with Crippen molar-refractivity contribution < 1.29 is 9.90 Å². The summed E-state index contributed by atoms with van der Waals surface area (Å²) in [5, 5.41) is 18.4. The van der Waals surface area contributed by atoms with Gasteiger partial charge in [0.25, 0.3) is 5.91 Å². The quantitative estimate of drug-likeness (QED) is 0.915. The molecule has 0 unspecified atom stereocenters. The molecule has 0 saturated carbocycles. The second-order valence-electron chi connectivity index (χ2n) is 5.81. The standard InChI is InChI=1S/C17H21N3O2S/c1-12-18-19-16(23-12)17(22)20(10-5-11-21)15-9-4-7-13-6-2-3-8-14(13)15/h2-3,6,8,15,21H,4-5,7,9-11H2,1H3/t15-/m0/s1. The van der Waals surface area contributed by atoms with Crippen molar-refractivity contribution in [1.82, 2.24) is 15.1 Å². The van der Waals surface area contributed by atoms with Gasteiger partial charge < -0.3 is 10.0 Å². The first-order valence-electron chi connectivity index (χ1n) is 8.00. The zero-order chi connectivity index (χ0) is 16.2. The van der Waals surface area contributed by atoms with Gasteiger partial charge in [-0.1, -0.05) is 35.6 Å². The van der Waals surface area contributed by atoms with Crippen LogP contribution in [0.3, 0.4) is 0 Å². The molecular formula is C17H21N3O2S. The predicted molar refractivity (Wildman–Crippen MR) is 89.5 cm³/mol. The molecule has 1 aliphatic rings. The number of aliphatic hydroxyl groups excluding tert-OH is 1. The van der Waals surface area contributed by atoms with Gasteiger partial charge in [-0.2, -0.15) is 0 Å². The van der Waals surface area contributed by atoms with Crippen LogP contribution in [0.15, 0.2) is 24.3 Å². The van der Waals surface area contributed by atoms with Gasteiger partial charge in [-0.15, -0.1) is 10.2 Å². The summed E-state index contributed by atoms with van der Waals surface area (Å²) in [6.07, 6.45) is 3.65. The Kier molecular flexibility index (Phi) is 5.03. The number of rotatable bonds is 5. The van der Waals surface area contributed by atoms with Gasteiger partial charge in [0.2, 0.25) is 5.01 Å². The second kappa shape index (κ2) is 7.19. The van der Waals surface area contributed by atoms with E-state index < -0.39 is 0 Å². The number of fused-ring (bicyclic) bond motifs is 1. The van der Waals surface area contributed by atoms with Crippen LogP contribution < -0.4 is 0 Å². The Morgan fingerprint density at radius 2 is 2.22 bits per heavy atom. The highest BCUT2D eigenvalue weighted by Gasteiger charge is 2.30. The maximum absolute atomic E-state index is 12.9. The van der Waals surface area contributed by atoms with Gasteiger partial charge in [0, 0.05) is 13.2 Å². The highest BCUT2D eigenvalue weighted by atomic mass is 32.1. The lowest BCUT2D eigenvalue weighted by atomic mass is 9.86. The summed E-state index contributed by atoms with van der Waals surface area (Å²) < 4.78 is 0. The van der Waals surface area contributed by atoms with Gasteiger partial charge >= 0.3 is 0 Å². The molecule has 3 rings (SSSR count). The van der Waals surface area contributed by atoms with Crippen molar-refractivity contribution in [2.24, 2.45) is 0 Å². The lowest BCUT2D eigenvalue weighted by molar-refractivity contribution is 0.0640. The molecule has 6 heteroatoms. The Morgan fingerprint density at radius 1 is 1.39 bits per heavy atom. The fourth-order valence-electron chi connectivity index (χ4n) is 3.20. The van der Waals surface area contributed by atoms with E-state index in [2.05, 4.69) is 28.4 Å². The third-order valence-electron chi connectivity index (χ3n) is 4.24. The number of aliphatic hydroxyl groups is 1. The molecule has 0 bridgehead atoms. The molecular weight excluding hydrogens is 310 g/mol. The molecule has 0 saturated heterocycles. The van der Waals surface area contributed by atoms with E-state index >= 15 is 0 Å². The molecule has 1 atom stereocenters. The average molecular weight is 331 g/mol. The summed E-state index contributed by atoms with van der Waals surface area (Å²) >= 11 is 1.33. The molecule has 0 radical (unpaired) electrons. The number of hydrogen-bond donors (Lipinski definition) is 1. The molecule has 1 aromatic carbocycles. The van der Waals surface area contributed by atoms with Crippen LogP contribution in [0, 0.1) is 6.92 Å². The Labute approximate surface area is 140 Å². The number of aromatic nitrogens is 2. The second-order valence-corrected chi connectivity index (χ2v) is 6.99. The van der Waals surface area contributed by atoms with Crippen LogP contribution >= 0.6 is 11.3 Å². The first-order chi connectivity index (χ1) is 11.2. The van der Waals surface area contributed by atoms with E-state index in [1.807, 2.05) is 17.9 Å². The van der Waals surface area contributed by atoms with Crippen molar-refractivity contribution in [3.63, 3.8) is 0 Å². The third kappa shape index (κ3) is 3.43. The molecule has 1 amide bonds. The highest BCUT2D eigenvalue weighted by molar-refractivity contribution is 7.13. The van der Waals surface area contributed by atoms with Crippen LogP contribution in [0.1, 0.15) is 51.2 Å². The zero-order valence-electron chi connectivity index (χ0n) is 13.2. The summed E-state index contributed by atoms with van der Waals surface area (Å²) in [6.45, 7) is 2.46. The molecule has 1 N–H and O–H groups in total. The van der Waals surface area contributed by atoms with E-state index in [-0.39, 0.29) is 18.6 Å². The van der Waals surface area contributed by atoms with Crippen molar-refractivity contribution in [2.45, 2.75) is 38.6 Å². The van der Waals surface area contributed by atoms with Crippen LogP contribution in [0.25, 0.3) is 0 Å². The maximum atomic E-state index is 12.9. The minimum absolute atomic E-state index is 0.0585.